The Hall–Kier alpha value is 0.110. The third kappa shape index (κ3) is 3.34. The van der Waals surface area contributed by atoms with Crippen LogP contribution in [-0.4, -0.2) is 4.98 Å². The van der Waals surface area contributed by atoms with Gasteiger partial charge >= 0.3 is 0 Å². The van der Waals surface area contributed by atoms with Crippen molar-refractivity contribution in [2.75, 3.05) is 0 Å². The summed E-state index contributed by atoms with van der Waals surface area (Å²) in [6.45, 7) is 6.67. The quantitative estimate of drug-likeness (QED) is 0.724. The van der Waals surface area contributed by atoms with Gasteiger partial charge in [-0.2, -0.15) is 0 Å². The average molecular weight is 234 g/mol. The summed E-state index contributed by atoms with van der Waals surface area (Å²) >= 11 is 5.12. The molecule has 0 aliphatic carbocycles. The summed E-state index contributed by atoms with van der Waals surface area (Å²) in [5, 5.41) is 1.21. The van der Waals surface area contributed by atoms with Gasteiger partial charge in [-0.3, -0.25) is 0 Å². The van der Waals surface area contributed by atoms with Crippen LogP contribution in [0.1, 0.15) is 25.8 Å². The number of thiazole rings is 1. The Kier molecular flexibility index (Phi) is 2.70. The van der Waals surface area contributed by atoms with Gasteiger partial charge in [-0.1, -0.05) is 20.8 Å². The Morgan fingerprint density at radius 3 is 2.55 bits per heavy atom. The molecule has 0 N–H and O–H groups in total. The van der Waals surface area contributed by atoms with Crippen LogP contribution in [0.4, 0.5) is 0 Å². The fourth-order valence-electron chi connectivity index (χ4n) is 0.823. The van der Waals surface area contributed by atoms with Gasteiger partial charge in [0, 0.05) is 6.42 Å². The van der Waals surface area contributed by atoms with Crippen LogP contribution in [0.2, 0.25) is 0 Å². The van der Waals surface area contributed by atoms with Gasteiger partial charge in [0.2, 0.25) is 0 Å². The van der Waals surface area contributed by atoms with Crippen molar-refractivity contribution in [2.45, 2.75) is 27.2 Å². The maximum atomic E-state index is 4.27. The van der Waals surface area contributed by atoms with Gasteiger partial charge in [-0.05, 0) is 21.3 Å². The van der Waals surface area contributed by atoms with Crippen LogP contribution in [0, 0.1) is 5.41 Å². The van der Waals surface area contributed by atoms with E-state index < -0.39 is 0 Å². The maximum absolute atomic E-state index is 4.27. The van der Waals surface area contributed by atoms with E-state index in [0.29, 0.717) is 5.41 Å². The SMILES string of the molecule is CC(C)(C)Cc1ncc(Br)s1. The van der Waals surface area contributed by atoms with Gasteiger partial charge in [0.25, 0.3) is 0 Å². The van der Waals surface area contributed by atoms with E-state index >= 15 is 0 Å². The summed E-state index contributed by atoms with van der Waals surface area (Å²) in [6, 6.07) is 0. The minimum Gasteiger partial charge on any atom is -0.248 e. The predicted molar refractivity (Wildman–Crippen MR) is 53.0 cm³/mol. The zero-order chi connectivity index (χ0) is 8.48. The molecule has 0 atom stereocenters. The van der Waals surface area contributed by atoms with Crippen molar-refractivity contribution >= 4 is 27.3 Å². The second-order valence-electron chi connectivity index (χ2n) is 3.80. The molecule has 0 unspecified atom stereocenters. The molecule has 11 heavy (non-hydrogen) atoms. The molecule has 1 heterocycles. The van der Waals surface area contributed by atoms with E-state index in [0.717, 1.165) is 10.2 Å². The van der Waals surface area contributed by atoms with E-state index in [1.54, 1.807) is 11.3 Å². The summed E-state index contributed by atoms with van der Waals surface area (Å²) in [7, 11) is 0. The molecular weight excluding hydrogens is 222 g/mol. The Balaban J connectivity index is 2.65. The summed E-state index contributed by atoms with van der Waals surface area (Å²) in [4.78, 5) is 4.27. The lowest BCUT2D eigenvalue weighted by Gasteiger charge is -2.15. The number of halogens is 1. The van der Waals surface area contributed by atoms with Crippen LogP contribution in [0.15, 0.2) is 9.98 Å². The molecule has 0 amide bonds. The topological polar surface area (TPSA) is 12.9 Å². The maximum Gasteiger partial charge on any atom is 0.0942 e. The van der Waals surface area contributed by atoms with Gasteiger partial charge in [0.1, 0.15) is 0 Å². The first-order valence-corrected chi connectivity index (χ1v) is 5.18. The van der Waals surface area contributed by atoms with E-state index in [1.807, 2.05) is 6.20 Å². The minimum absolute atomic E-state index is 0.345. The van der Waals surface area contributed by atoms with Crippen LogP contribution in [0.5, 0.6) is 0 Å². The predicted octanol–water partition coefficient (Wildman–Crippen LogP) is 3.49. The molecule has 0 aromatic carbocycles. The number of aromatic nitrogens is 1. The van der Waals surface area contributed by atoms with Crippen LogP contribution >= 0.6 is 27.3 Å². The molecule has 0 saturated carbocycles. The molecule has 0 spiro atoms. The van der Waals surface area contributed by atoms with E-state index in [2.05, 4.69) is 41.7 Å². The van der Waals surface area contributed by atoms with Crippen molar-refractivity contribution in [3.8, 4) is 0 Å². The first-order valence-electron chi connectivity index (χ1n) is 3.57. The van der Waals surface area contributed by atoms with Gasteiger partial charge in [-0.25, -0.2) is 4.98 Å². The molecule has 0 aliphatic rings. The lowest BCUT2D eigenvalue weighted by molar-refractivity contribution is 0.410. The highest BCUT2D eigenvalue weighted by Crippen LogP contribution is 2.26. The Morgan fingerprint density at radius 2 is 2.18 bits per heavy atom. The van der Waals surface area contributed by atoms with Crippen molar-refractivity contribution in [3.63, 3.8) is 0 Å². The van der Waals surface area contributed by atoms with Crippen molar-refractivity contribution in [2.24, 2.45) is 5.41 Å². The lowest BCUT2D eigenvalue weighted by Crippen LogP contribution is -2.08. The molecule has 0 radical (unpaired) electrons. The standard InChI is InChI=1S/C8H12BrNS/c1-8(2,3)4-7-10-5-6(9)11-7/h5H,4H2,1-3H3. The van der Waals surface area contributed by atoms with Gasteiger partial charge in [-0.15, -0.1) is 11.3 Å². The molecule has 1 nitrogen and oxygen atoms in total. The number of rotatable bonds is 1. The summed E-state index contributed by atoms with van der Waals surface area (Å²) in [5.74, 6) is 0. The van der Waals surface area contributed by atoms with Crippen molar-refractivity contribution in [1.82, 2.24) is 4.98 Å². The fraction of sp³-hybridized carbons (Fsp3) is 0.625. The molecule has 0 saturated heterocycles. The second kappa shape index (κ2) is 3.23. The molecule has 3 heteroatoms. The van der Waals surface area contributed by atoms with Gasteiger partial charge in [0.15, 0.2) is 0 Å². The number of hydrogen-bond acceptors (Lipinski definition) is 2. The first-order chi connectivity index (χ1) is 4.97. The van der Waals surface area contributed by atoms with E-state index in [1.165, 1.54) is 5.01 Å². The molecule has 62 valence electrons. The monoisotopic (exact) mass is 233 g/mol. The smallest absolute Gasteiger partial charge is 0.0942 e. The summed E-state index contributed by atoms with van der Waals surface area (Å²) < 4.78 is 1.12. The van der Waals surface area contributed by atoms with Gasteiger partial charge in [0.05, 0.1) is 15.0 Å². The van der Waals surface area contributed by atoms with Crippen LogP contribution in [0.3, 0.4) is 0 Å². The molecule has 0 aliphatic heterocycles. The highest BCUT2D eigenvalue weighted by atomic mass is 79.9. The summed E-state index contributed by atoms with van der Waals surface area (Å²) in [6.07, 6.45) is 2.93. The molecule has 1 aromatic rings. The lowest BCUT2D eigenvalue weighted by atomic mass is 9.93. The largest absolute Gasteiger partial charge is 0.248 e. The second-order valence-corrected chi connectivity index (χ2v) is 6.29. The number of nitrogens with zero attached hydrogens (tertiary/aromatic N) is 1. The normalized spacial score (nSPS) is 12.0. The Morgan fingerprint density at radius 1 is 1.55 bits per heavy atom. The highest BCUT2D eigenvalue weighted by molar-refractivity contribution is 9.11. The van der Waals surface area contributed by atoms with E-state index in [-0.39, 0.29) is 0 Å². The highest BCUT2D eigenvalue weighted by Gasteiger charge is 2.13. The van der Waals surface area contributed by atoms with E-state index in [9.17, 15) is 0 Å². The van der Waals surface area contributed by atoms with Crippen LogP contribution in [-0.2, 0) is 6.42 Å². The molecule has 1 rings (SSSR count). The van der Waals surface area contributed by atoms with Crippen LogP contribution < -0.4 is 0 Å². The average Bonchev–Trinajstić information content (AvgIpc) is 2.10. The van der Waals surface area contributed by atoms with Crippen molar-refractivity contribution in [1.29, 1.82) is 0 Å². The molecule has 1 aromatic heterocycles. The zero-order valence-corrected chi connectivity index (χ0v) is 9.42. The van der Waals surface area contributed by atoms with E-state index in [4.69, 9.17) is 0 Å². The molecule has 0 bridgehead atoms. The van der Waals surface area contributed by atoms with Crippen LogP contribution in [0.25, 0.3) is 0 Å². The fourth-order valence-corrected chi connectivity index (χ4v) is 2.43. The molecule has 0 fully saturated rings. The van der Waals surface area contributed by atoms with Crippen molar-refractivity contribution in [3.05, 3.63) is 15.0 Å². The summed E-state index contributed by atoms with van der Waals surface area (Å²) in [5.41, 5.74) is 0.345. The first kappa shape index (κ1) is 9.20. The third-order valence-corrected chi connectivity index (χ3v) is 2.68. The Bertz CT molecular complexity index is 236. The number of hydrogen-bond donors (Lipinski definition) is 0. The Labute approximate surface area is 80.0 Å². The zero-order valence-electron chi connectivity index (χ0n) is 7.02. The third-order valence-electron chi connectivity index (χ3n) is 1.21. The molecular formula is C8H12BrNS. The minimum atomic E-state index is 0.345. The van der Waals surface area contributed by atoms with Crippen molar-refractivity contribution < 1.29 is 0 Å². The van der Waals surface area contributed by atoms with Gasteiger partial charge < -0.3 is 0 Å².